The van der Waals surface area contributed by atoms with Crippen molar-refractivity contribution in [3.8, 4) is 0 Å². The molecule has 0 fully saturated rings. The first kappa shape index (κ1) is 16.7. The maximum Gasteiger partial charge on any atom is 0.228 e. The molecular weight excluding hydrogens is 345 g/mol. The molecule has 2 aromatic carbocycles. The van der Waals surface area contributed by atoms with Crippen molar-refractivity contribution in [2.75, 3.05) is 5.32 Å². The van der Waals surface area contributed by atoms with Crippen LogP contribution in [0.4, 0.5) is 10.1 Å². The fourth-order valence-corrected chi connectivity index (χ4v) is 2.44. The molecule has 116 valence electrons. The molecule has 22 heavy (non-hydrogen) atoms. The van der Waals surface area contributed by atoms with Gasteiger partial charge in [-0.2, -0.15) is 0 Å². The maximum absolute atomic E-state index is 13.8. The van der Waals surface area contributed by atoms with Gasteiger partial charge < -0.3 is 5.32 Å². The maximum atomic E-state index is 13.8. The van der Waals surface area contributed by atoms with Crippen molar-refractivity contribution in [3.63, 3.8) is 0 Å². The first-order valence-electron chi connectivity index (χ1n) is 7.10. The summed E-state index contributed by atoms with van der Waals surface area (Å²) in [5.74, 6) is -0.611. The quantitative estimate of drug-likeness (QED) is 0.810. The van der Waals surface area contributed by atoms with Gasteiger partial charge in [-0.25, -0.2) is 4.39 Å². The van der Waals surface area contributed by atoms with Gasteiger partial charge in [0.2, 0.25) is 5.91 Å². The fraction of sp³-hybridized carbons (Fsp3) is 0.278. The number of nitrogens with one attached hydrogen (secondary N) is 1. The minimum atomic E-state index is -0.382. The highest BCUT2D eigenvalue weighted by molar-refractivity contribution is 9.10. The highest BCUT2D eigenvalue weighted by Crippen LogP contribution is 2.24. The predicted octanol–water partition coefficient (Wildman–Crippen LogP) is 5.07. The van der Waals surface area contributed by atoms with Crippen LogP contribution < -0.4 is 5.32 Å². The second-order valence-corrected chi connectivity index (χ2v) is 7.21. The summed E-state index contributed by atoms with van der Waals surface area (Å²) in [4.78, 5) is 12.1. The van der Waals surface area contributed by atoms with Crippen LogP contribution >= 0.6 is 15.9 Å². The van der Waals surface area contributed by atoms with E-state index >= 15 is 0 Å². The van der Waals surface area contributed by atoms with E-state index in [0.29, 0.717) is 10.0 Å². The number of amides is 1. The Bertz CT molecular complexity index is 692. The van der Waals surface area contributed by atoms with E-state index in [1.165, 1.54) is 6.07 Å². The average Bonchev–Trinajstić information content (AvgIpc) is 2.41. The topological polar surface area (TPSA) is 29.1 Å². The van der Waals surface area contributed by atoms with E-state index in [0.717, 1.165) is 11.3 Å². The summed E-state index contributed by atoms with van der Waals surface area (Å²) in [7, 11) is 0. The average molecular weight is 364 g/mol. The Morgan fingerprint density at radius 2 is 1.91 bits per heavy atom. The normalized spacial score (nSPS) is 11.3. The van der Waals surface area contributed by atoms with Gasteiger partial charge in [0.25, 0.3) is 0 Å². The molecule has 0 spiro atoms. The van der Waals surface area contributed by atoms with Gasteiger partial charge in [-0.05, 0) is 40.8 Å². The molecule has 0 heterocycles. The van der Waals surface area contributed by atoms with E-state index in [-0.39, 0.29) is 23.6 Å². The Labute approximate surface area is 138 Å². The zero-order chi connectivity index (χ0) is 16.3. The smallest absolute Gasteiger partial charge is 0.228 e. The second kappa shape index (κ2) is 6.61. The lowest BCUT2D eigenvalue weighted by atomic mass is 9.87. The van der Waals surface area contributed by atoms with Gasteiger partial charge in [0.1, 0.15) is 5.82 Å². The number of halogens is 2. The van der Waals surface area contributed by atoms with Crippen LogP contribution in [0.2, 0.25) is 0 Å². The van der Waals surface area contributed by atoms with Crippen molar-refractivity contribution in [2.45, 2.75) is 32.6 Å². The van der Waals surface area contributed by atoms with E-state index in [1.807, 2.05) is 24.3 Å². The van der Waals surface area contributed by atoms with E-state index < -0.39 is 0 Å². The first-order chi connectivity index (χ1) is 10.3. The number of hydrogen-bond donors (Lipinski definition) is 1. The van der Waals surface area contributed by atoms with Gasteiger partial charge in [-0.3, -0.25) is 4.79 Å². The van der Waals surface area contributed by atoms with Gasteiger partial charge in [-0.15, -0.1) is 0 Å². The molecule has 1 amide bonds. The highest BCUT2D eigenvalue weighted by Gasteiger charge is 2.14. The molecule has 0 atom stereocenters. The molecule has 0 bridgehead atoms. The zero-order valence-corrected chi connectivity index (χ0v) is 14.5. The number of anilines is 1. The van der Waals surface area contributed by atoms with Crippen LogP contribution in [0, 0.1) is 5.82 Å². The SMILES string of the molecule is CC(C)(C)c1cccc(NC(=O)Cc2ccc(Br)cc2F)c1. The summed E-state index contributed by atoms with van der Waals surface area (Å²) in [5.41, 5.74) is 2.26. The molecule has 2 rings (SSSR count). The third-order valence-corrected chi connectivity index (χ3v) is 3.87. The Morgan fingerprint density at radius 3 is 2.55 bits per heavy atom. The van der Waals surface area contributed by atoms with Crippen molar-refractivity contribution in [2.24, 2.45) is 0 Å². The zero-order valence-electron chi connectivity index (χ0n) is 12.9. The Hall–Kier alpha value is -1.68. The van der Waals surface area contributed by atoms with Crippen molar-refractivity contribution in [1.82, 2.24) is 0 Å². The lowest BCUT2D eigenvalue weighted by molar-refractivity contribution is -0.115. The summed E-state index contributed by atoms with van der Waals surface area (Å²) in [6, 6.07) is 12.4. The Balaban J connectivity index is 2.09. The largest absolute Gasteiger partial charge is 0.326 e. The minimum absolute atomic E-state index is 0.0125. The summed E-state index contributed by atoms with van der Waals surface area (Å²) in [6.45, 7) is 6.35. The lowest BCUT2D eigenvalue weighted by Gasteiger charge is -2.19. The van der Waals surface area contributed by atoms with E-state index in [1.54, 1.807) is 12.1 Å². The fourth-order valence-electron chi connectivity index (χ4n) is 2.11. The van der Waals surface area contributed by atoms with Gasteiger partial charge in [0.05, 0.1) is 6.42 Å². The van der Waals surface area contributed by atoms with Crippen LogP contribution in [0.25, 0.3) is 0 Å². The molecule has 0 unspecified atom stereocenters. The first-order valence-corrected chi connectivity index (χ1v) is 7.89. The van der Waals surface area contributed by atoms with Gasteiger partial charge in [0.15, 0.2) is 0 Å². The van der Waals surface area contributed by atoms with E-state index in [9.17, 15) is 9.18 Å². The standard InChI is InChI=1S/C18H19BrFNO/c1-18(2,3)13-5-4-6-15(10-13)21-17(22)9-12-7-8-14(19)11-16(12)20/h4-8,10-11H,9H2,1-3H3,(H,21,22). The molecule has 0 aliphatic heterocycles. The number of rotatable bonds is 3. The molecule has 4 heteroatoms. The Morgan fingerprint density at radius 1 is 1.18 bits per heavy atom. The third-order valence-electron chi connectivity index (χ3n) is 3.38. The number of carbonyl (C=O) groups is 1. The predicted molar refractivity (Wildman–Crippen MR) is 91.6 cm³/mol. The van der Waals surface area contributed by atoms with Gasteiger partial charge in [0, 0.05) is 10.2 Å². The summed E-state index contributed by atoms with van der Waals surface area (Å²) in [6.07, 6.45) is 0.0128. The number of carbonyl (C=O) groups excluding carboxylic acids is 1. The number of hydrogen-bond acceptors (Lipinski definition) is 1. The summed E-state index contributed by atoms with van der Waals surface area (Å²) >= 11 is 3.20. The molecule has 0 saturated carbocycles. The van der Waals surface area contributed by atoms with Crippen LogP contribution in [0.5, 0.6) is 0 Å². The molecular formula is C18H19BrFNO. The van der Waals surface area contributed by atoms with Crippen LogP contribution in [-0.2, 0) is 16.6 Å². The molecule has 0 radical (unpaired) electrons. The van der Waals surface area contributed by atoms with E-state index in [2.05, 4.69) is 42.0 Å². The second-order valence-electron chi connectivity index (χ2n) is 6.29. The van der Waals surface area contributed by atoms with Crippen molar-refractivity contribution >= 4 is 27.5 Å². The molecule has 0 aliphatic carbocycles. The monoisotopic (exact) mass is 363 g/mol. The van der Waals surface area contributed by atoms with Crippen LogP contribution in [0.3, 0.4) is 0 Å². The molecule has 0 aromatic heterocycles. The molecule has 2 nitrogen and oxygen atoms in total. The van der Waals surface area contributed by atoms with Crippen LogP contribution in [-0.4, -0.2) is 5.91 Å². The lowest BCUT2D eigenvalue weighted by Crippen LogP contribution is -2.16. The van der Waals surface area contributed by atoms with Crippen LogP contribution in [0.15, 0.2) is 46.9 Å². The minimum Gasteiger partial charge on any atom is -0.326 e. The van der Waals surface area contributed by atoms with Crippen molar-refractivity contribution in [3.05, 3.63) is 63.9 Å². The van der Waals surface area contributed by atoms with Gasteiger partial charge >= 0.3 is 0 Å². The Kier molecular flexibility index (Phi) is 5.01. The molecule has 0 aliphatic rings. The van der Waals surface area contributed by atoms with Gasteiger partial charge in [-0.1, -0.05) is 54.9 Å². The third kappa shape index (κ3) is 4.41. The summed E-state index contributed by atoms with van der Waals surface area (Å²) in [5, 5.41) is 2.83. The van der Waals surface area contributed by atoms with E-state index in [4.69, 9.17) is 0 Å². The van der Waals surface area contributed by atoms with Crippen molar-refractivity contribution in [1.29, 1.82) is 0 Å². The molecule has 2 aromatic rings. The van der Waals surface area contributed by atoms with Crippen LogP contribution in [0.1, 0.15) is 31.9 Å². The van der Waals surface area contributed by atoms with Crippen molar-refractivity contribution < 1.29 is 9.18 Å². The molecule has 1 N–H and O–H groups in total. The highest BCUT2D eigenvalue weighted by atomic mass is 79.9. The molecule has 0 saturated heterocycles. The summed E-state index contributed by atoms with van der Waals surface area (Å²) < 4.78 is 14.4. The number of benzene rings is 2.